The molecule has 2 aromatic carbocycles. The molecule has 1 aliphatic heterocycles. The first kappa shape index (κ1) is 17.6. The fourth-order valence-corrected chi connectivity index (χ4v) is 4.72. The molecule has 0 bridgehead atoms. The Kier molecular flexibility index (Phi) is 4.87. The summed E-state index contributed by atoms with van der Waals surface area (Å²) in [4.78, 5) is 8.59. The average molecular weight is 380 g/mol. The predicted molar refractivity (Wildman–Crippen MR) is 105 cm³/mol. The lowest BCUT2D eigenvalue weighted by molar-refractivity contribution is 0.474. The number of hydrogen-bond donors (Lipinski definition) is 1. The Labute approximate surface area is 159 Å². The maximum Gasteiger partial charge on any atom is 0.243 e. The Morgan fingerprint density at radius 3 is 2.26 bits per heavy atom. The van der Waals surface area contributed by atoms with Crippen LogP contribution in [0.2, 0.25) is 0 Å². The van der Waals surface area contributed by atoms with Gasteiger partial charge in [-0.3, -0.25) is 0 Å². The zero-order valence-corrected chi connectivity index (χ0v) is 15.5. The van der Waals surface area contributed by atoms with Crippen molar-refractivity contribution in [3.05, 3.63) is 73.1 Å². The summed E-state index contributed by atoms with van der Waals surface area (Å²) < 4.78 is 27.4. The van der Waals surface area contributed by atoms with Gasteiger partial charge in [0.05, 0.1) is 4.90 Å². The van der Waals surface area contributed by atoms with Gasteiger partial charge >= 0.3 is 0 Å². The summed E-state index contributed by atoms with van der Waals surface area (Å²) in [7, 11) is -3.51. The number of anilines is 1. The van der Waals surface area contributed by atoms with Gasteiger partial charge in [0.1, 0.15) is 0 Å². The minimum Gasteiger partial charge on any atom is -0.350 e. The summed E-state index contributed by atoms with van der Waals surface area (Å²) in [5, 5.41) is 3.20. The molecule has 138 valence electrons. The van der Waals surface area contributed by atoms with Crippen molar-refractivity contribution in [1.29, 1.82) is 0 Å². The molecule has 2 heterocycles. The average Bonchev–Trinajstić information content (AvgIpc) is 3.19. The third-order valence-electron chi connectivity index (χ3n) is 4.65. The van der Waals surface area contributed by atoms with Crippen molar-refractivity contribution in [2.75, 3.05) is 18.4 Å². The normalized spacial score (nSPS) is 17.7. The highest BCUT2D eigenvalue weighted by molar-refractivity contribution is 7.89. The van der Waals surface area contributed by atoms with Gasteiger partial charge in [0, 0.05) is 31.5 Å². The molecule has 6 nitrogen and oxygen atoms in total. The lowest BCUT2D eigenvalue weighted by Gasteiger charge is -2.17. The third kappa shape index (κ3) is 3.84. The van der Waals surface area contributed by atoms with Crippen LogP contribution in [-0.4, -0.2) is 41.8 Å². The van der Waals surface area contributed by atoms with Gasteiger partial charge in [-0.25, -0.2) is 18.4 Å². The lowest BCUT2D eigenvalue weighted by Crippen LogP contribution is -2.31. The molecular weight excluding hydrogens is 360 g/mol. The second-order valence-corrected chi connectivity index (χ2v) is 8.39. The summed E-state index contributed by atoms with van der Waals surface area (Å²) in [6.07, 6.45) is 4.04. The maximum absolute atomic E-state index is 12.9. The molecular formula is C20H20N4O2S. The van der Waals surface area contributed by atoms with Crippen molar-refractivity contribution in [2.45, 2.75) is 17.4 Å². The first-order chi connectivity index (χ1) is 13.1. The van der Waals surface area contributed by atoms with Crippen molar-refractivity contribution in [1.82, 2.24) is 14.3 Å². The zero-order chi connectivity index (χ0) is 18.7. The SMILES string of the molecule is O=S(=O)(c1ccc(-c2ccccc2)cc1)N1CCC(Nc2ncccn2)C1. The quantitative estimate of drug-likeness (QED) is 0.736. The molecule has 0 spiro atoms. The van der Waals surface area contributed by atoms with E-state index in [-0.39, 0.29) is 6.04 Å². The molecule has 1 aliphatic rings. The van der Waals surface area contributed by atoms with Crippen LogP contribution in [0, 0.1) is 0 Å². The monoisotopic (exact) mass is 380 g/mol. The molecule has 0 aliphatic carbocycles. The van der Waals surface area contributed by atoms with Crippen LogP contribution in [0.3, 0.4) is 0 Å². The summed E-state index contributed by atoms with van der Waals surface area (Å²) in [6, 6.07) is 18.7. The maximum atomic E-state index is 12.9. The number of sulfonamides is 1. The standard InChI is InChI=1S/C20H20N4O2S/c25-27(26,19-9-7-17(8-10-19)16-5-2-1-3-6-16)24-14-11-18(15-24)23-20-21-12-4-13-22-20/h1-10,12-13,18H,11,14-15H2,(H,21,22,23). The molecule has 1 N–H and O–H groups in total. The van der Waals surface area contributed by atoms with Gasteiger partial charge in [-0.2, -0.15) is 4.31 Å². The van der Waals surface area contributed by atoms with Gasteiger partial charge in [-0.15, -0.1) is 0 Å². The molecule has 1 saturated heterocycles. The van der Waals surface area contributed by atoms with E-state index in [9.17, 15) is 8.42 Å². The molecule has 1 aromatic heterocycles. The van der Waals surface area contributed by atoms with Gasteiger partial charge in [0.2, 0.25) is 16.0 Å². The van der Waals surface area contributed by atoms with Crippen molar-refractivity contribution >= 4 is 16.0 Å². The van der Waals surface area contributed by atoms with E-state index in [1.807, 2.05) is 42.5 Å². The second-order valence-electron chi connectivity index (χ2n) is 6.46. The lowest BCUT2D eigenvalue weighted by atomic mass is 10.1. The van der Waals surface area contributed by atoms with Gasteiger partial charge in [0.15, 0.2) is 0 Å². The molecule has 27 heavy (non-hydrogen) atoms. The van der Waals surface area contributed by atoms with E-state index in [1.54, 1.807) is 30.6 Å². The van der Waals surface area contributed by atoms with Gasteiger partial charge < -0.3 is 5.32 Å². The van der Waals surface area contributed by atoms with Crippen LogP contribution >= 0.6 is 0 Å². The highest BCUT2D eigenvalue weighted by Crippen LogP contribution is 2.25. The largest absolute Gasteiger partial charge is 0.350 e. The van der Waals surface area contributed by atoms with Gasteiger partial charge in [-0.05, 0) is 35.7 Å². The van der Waals surface area contributed by atoms with Crippen LogP contribution in [0.25, 0.3) is 11.1 Å². The van der Waals surface area contributed by atoms with E-state index in [2.05, 4.69) is 15.3 Å². The number of benzene rings is 2. The second kappa shape index (κ2) is 7.46. The summed E-state index contributed by atoms with van der Waals surface area (Å²) >= 11 is 0. The first-order valence-corrected chi connectivity index (χ1v) is 10.3. The molecule has 4 rings (SSSR count). The van der Waals surface area contributed by atoms with Crippen LogP contribution in [0.4, 0.5) is 5.95 Å². The van der Waals surface area contributed by atoms with Gasteiger partial charge in [-0.1, -0.05) is 42.5 Å². The van der Waals surface area contributed by atoms with Crippen LogP contribution in [0.1, 0.15) is 6.42 Å². The van der Waals surface area contributed by atoms with E-state index in [1.165, 1.54) is 4.31 Å². The topological polar surface area (TPSA) is 75.2 Å². The molecule has 1 unspecified atom stereocenters. The molecule has 3 aromatic rings. The van der Waals surface area contributed by atoms with Crippen LogP contribution in [-0.2, 0) is 10.0 Å². The van der Waals surface area contributed by atoms with Crippen LogP contribution in [0.5, 0.6) is 0 Å². The number of rotatable bonds is 5. The van der Waals surface area contributed by atoms with E-state index in [4.69, 9.17) is 0 Å². The van der Waals surface area contributed by atoms with Crippen molar-refractivity contribution in [2.24, 2.45) is 0 Å². The number of aromatic nitrogens is 2. The Morgan fingerprint density at radius 2 is 1.56 bits per heavy atom. The molecule has 0 radical (unpaired) electrons. The number of hydrogen-bond acceptors (Lipinski definition) is 5. The Bertz CT molecular complexity index is 993. The fourth-order valence-electron chi connectivity index (χ4n) is 3.22. The molecule has 0 saturated carbocycles. The predicted octanol–water partition coefficient (Wildman–Crippen LogP) is 3.02. The van der Waals surface area contributed by atoms with E-state index < -0.39 is 10.0 Å². The number of nitrogens with zero attached hydrogens (tertiary/aromatic N) is 3. The van der Waals surface area contributed by atoms with Crippen molar-refractivity contribution < 1.29 is 8.42 Å². The summed E-state index contributed by atoms with van der Waals surface area (Å²) in [6.45, 7) is 0.883. The highest BCUT2D eigenvalue weighted by atomic mass is 32.2. The van der Waals surface area contributed by atoms with Crippen molar-refractivity contribution in [3.8, 4) is 11.1 Å². The molecule has 1 atom stereocenters. The van der Waals surface area contributed by atoms with Crippen LogP contribution < -0.4 is 5.32 Å². The van der Waals surface area contributed by atoms with E-state index in [0.29, 0.717) is 23.9 Å². The number of nitrogens with one attached hydrogen (secondary N) is 1. The molecule has 7 heteroatoms. The summed E-state index contributed by atoms with van der Waals surface area (Å²) in [5.41, 5.74) is 2.06. The Morgan fingerprint density at radius 1 is 0.889 bits per heavy atom. The molecule has 0 amide bonds. The van der Waals surface area contributed by atoms with Gasteiger partial charge in [0.25, 0.3) is 0 Å². The highest BCUT2D eigenvalue weighted by Gasteiger charge is 2.32. The van der Waals surface area contributed by atoms with E-state index >= 15 is 0 Å². The first-order valence-electron chi connectivity index (χ1n) is 8.82. The third-order valence-corrected chi connectivity index (χ3v) is 6.53. The fraction of sp³-hybridized carbons (Fsp3) is 0.200. The molecule has 1 fully saturated rings. The minimum absolute atomic E-state index is 0.00534. The zero-order valence-electron chi connectivity index (χ0n) is 14.7. The van der Waals surface area contributed by atoms with Crippen LogP contribution in [0.15, 0.2) is 78.0 Å². The Balaban J connectivity index is 1.47. The Hall–Kier alpha value is -2.77. The van der Waals surface area contributed by atoms with E-state index in [0.717, 1.165) is 17.5 Å². The minimum atomic E-state index is -3.51. The smallest absolute Gasteiger partial charge is 0.243 e. The van der Waals surface area contributed by atoms with Crippen molar-refractivity contribution in [3.63, 3.8) is 0 Å². The summed E-state index contributed by atoms with van der Waals surface area (Å²) in [5.74, 6) is 0.522.